The number of carbonyl (C=O) groups excluding carboxylic acids is 4. The fourth-order valence-electron chi connectivity index (χ4n) is 6.53. The number of benzene rings is 2. The van der Waals surface area contributed by atoms with E-state index >= 15 is 0 Å². The third kappa shape index (κ3) is 3.96. The maximum Gasteiger partial charge on any atom is 0.323 e. The lowest BCUT2D eigenvalue weighted by Crippen LogP contribution is -2.68. The molecule has 220 valence electrons. The molecule has 3 amide bonds. The Morgan fingerprint density at radius 3 is 2.24 bits per heavy atom. The number of carbonyl (C=O) groups is 4. The number of primary amides is 1. The van der Waals surface area contributed by atoms with Crippen LogP contribution in [0.25, 0.3) is 0 Å². The topological polar surface area (TPSA) is 223 Å². The van der Waals surface area contributed by atoms with Crippen LogP contribution in [0.4, 0.5) is 16.2 Å². The van der Waals surface area contributed by atoms with Gasteiger partial charge in [-0.15, -0.1) is 0 Å². The van der Waals surface area contributed by atoms with Gasteiger partial charge in [0, 0.05) is 17.2 Å². The number of hydrogen-bond acceptors (Lipinski definition) is 10. The van der Waals surface area contributed by atoms with Crippen molar-refractivity contribution in [3.05, 3.63) is 76.3 Å². The van der Waals surface area contributed by atoms with Gasteiger partial charge < -0.3 is 41.9 Å². The van der Waals surface area contributed by atoms with E-state index in [4.69, 9.17) is 5.73 Å². The average molecular weight is 579 g/mol. The molecule has 5 rings (SSSR count). The number of amides is 3. The van der Waals surface area contributed by atoms with Gasteiger partial charge >= 0.3 is 6.03 Å². The minimum absolute atomic E-state index is 0.139. The summed E-state index contributed by atoms with van der Waals surface area (Å²) in [6, 6.07) is 9.27. The number of para-hydroxylation sites is 1. The molecule has 0 aromatic heterocycles. The molecule has 0 radical (unpaired) electrons. The lowest BCUT2D eigenvalue weighted by atomic mass is 9.55. The van der Waals surface area contributed by atoms with Crippen LogP contribution in [-0.4, -0.2) is 85.8 Å². The Morgan fingerprint density at radius 2 is 1.64 bits per heavy atom. The molecule has 0 fully saturated rings. The highest BCUT2D eigenvalue weighted by Gasteiger charge is 2.67. The van der Waals surface area contributed by atoms with Gasteiger partial charge in [0.1, 0.15) is 17.1 Å². The van der Waals surface area contributed by atoms with Gasteiger partial charge in [0.25, 0.3) is 5.91 Å². The summed E-state index contributed by atoms with van der Waals surface area (Å²) in [5.41, 5.74) is 1.10. The zero-order chi connectivity index (χ0) is 30.8. The lowest BCUT2D eigenvalue weighted by Gasteiger charge is -2.53. The van der Waals surface area contributed by atoms with E-state index in [1.165, 1.54) is 31.1 Å². The summed E-state index contributed by atoms with van der Waals surface area (Å²) in [5.74, 6) is -9.94. The number of aliphatic hydroxyl groups is 4. The summed E-state index contributed by atoms with van der Waals surface area (Å²) in [4.78, 5) is 53.4. The minimum atomic E-state index is -3.01. The van der Waals surface area contributed by atoms with E-state index < -0.39 is 87.4 Å². The molecule has 0 aliphatic heterocycles. The number of ketones is 2. The fraction of sp³-hybridized carbons (Fsp3) is 0.310. The molecule has 42 heavy (non-hydrogen) atoms. The van der Waals surface area contributed by atoms with Gasteiger partial charge in [-0.25, -0.2) is 4.79 Å². The summed E-state index contributed by atoms with van der Waals surface area (Å²) < 4.78 is 0. The minimum Gasteiger partial charge on any atom is -0.510 e. The van der Waals surface area contributed by atoms with Crippen LogP contribution < -0.4 is 16.4 Å². The number of phenols is 1. The Hall–Kier alpha value is -4.72. The van der Waals surface area contributed by atoms with E-state index in [1.54, 1.807) is 37.3 Å². The summed E-state index contributed by atoms with van der Waals surface area (Å²) >= 11 is 0. The first-order chi connectivity index (χ1) is 19.7. The fourth-order valence-corrected chi connectivity index (χ4v) is 6.53. The Morgan fingerprint density at radius 1 is 1.00 bits per heavy atom. The quantitative estimate of drug-likeness (QED) is 0.192. The Balaban J connectivity index is 1.63. The first-order valence-electron chi connectivity index (χ1n) is 13.0. The smallest absolute Gasteiger partial charge is 0.323 e. The summed E-state index contributed by atoms with van der Waals surface area (Å²) in [7, 11) is 2.92. The van der Waals surface area contributed by atoms with Gasteiger partial charge in [-0.3, -0.25) is 19.3 Å². The number of urea groups is 1. The Bertz CT molecular complexity index is 1600. The van der Waals surface area contributed by atoms with Crippen LogP contribution in [0, 0.1) is 11.8 Å². The maximum absolute atomic E-state index is 13.9. The number of nitrogens with one attached hydrogen (secondary N) is 2. The van der Waals surface area contributed by atoms with Crippen LogP contribution in [0.15, 0.2) is 65.1 Å². The molecule has 0 saturated heterocycles. The second-order valence-corrected chi connectivity index (χ2v) is 10.9. The number of Topliss-reactive ketones (excluding diaryl/α,β-unsaturated/α-hetero) is 2. The highest BCUT2D eigenvalue weighted by molar-refractivity contribution is 6.25. The number of hydrogen-bond donors (Lipinski definition) is 8. The van der Waals surface area contributed by atoms with Crippen molar-refractivity contribution in [1.82, 2.24) is 4.90 Å². The number of aromatic hydroxyl groups is 1. The van der Waals surface area contributed by atoms with Crippen LogP contribution in [0.2, 0.25) is 0 Å². The average Bonchev–Trinajstić information content (AvgIpc) is 2.92. The van der Waals surface area contributed by atoms with Gasteiger partial charge in [-0.2, -0.15) is 0 Å². The molecular formula is C29H30N4O9. The number of fused-ring (bicyclic) bond motifs is 3. The second kappa shape index (κ2) is 9.98. The predicted octanol–water partition coefficient (Wildman–Crippen LogP) is 1.30. The number of nitrogens with zero attached hydrogens (tertiary/aromatic N) is 1. The normalized spacial score (nSPS) is 28.7. The molecule has 0 saturated carbocycles. The van der Waals surface area contributed by atoms with Crippen LogP contribution in [-0.2, 0) is 9.59 Å². The monoisotopic (exact) mass is 578 g/mol. The van der Waals surface area contributed by atoms with E-state index in [0.717, 1.165) is 0 Å². The van der Waals surface area contributed by atoms with E-state index in [0.29, 0.717) is 5.69 Å². The molecule has 3 aliphatic carbocycles. The highest BCUT2D eigenvalue weighted by atomic mass is 16.4. The molecule has 6 atom stereocenters. The van der Waals surface area contributed by atoms with E-state index in [9.17, 15) is 44.7 Å². The van der Waals surface area contributed by atoms with Crippen molar-refractivity contribution in [2.75, 3.05) is 24.7 Å². The van der Waals surface area contributed by atoms with Crippen molar-refractivity contribution in [1.29, 1.82) is 0 Å². The molecule has 9 N–H and O–H groups in total. The molecule has 13 nitrogen and oxygen atoms in total. The summed E-state index contributed by atoms with van der Waals surface area (Å²) in [5, 5.41) is 61.9. The molecule has 0 unspecified atom stereocenters. The van der Waals surface area contributed by atoms with E-state index in [-0.39, 0.29) is 16.8 Å². The number of rotatable bonds is 4. The van der Waals surface area contributed by atoms with Gasteiger partial charge in [-0.1, -0.05) is 31.2 Å². The summed E-state index contributed by atoms with van der Waals surface area (Å²) in [6.45, 7) is 1.62. The Kier molecular flexibility index (Phi) is 6.84. The van der Waals surface area contributed by atoms with Gasteiger partial charge in [0.05, 0.1) is 29.3 Å². The van der Waals surface area contributed by atoms with Crippen LogP contribution in [0.1, 0.15) is 28.8 Å². The number of aliphatic hydroxyl groups excluding tert-OH is 3. The molecule has 13 heteroatoms. The molecule has 3 aliphatic rings. The van der Waals surface area contributed by atoms with Gasteiger partial charge in [-0.05, 0) is 43.8 Å². The van der Waals surface area contributed by atoms with E-state index in [1.807, 2.05) is 0 Å². The van der Waals surface area contributed by atoms with Crippen molar-refractivity contribution >= 4 is 34.9 Å². The number of nitrogens with two attached hydrogens (primary N) is 1. The summed E-state index contributed by atoms with van der Waals surface area (Å²) in [6.07, 6.45) is -1.70. The van der Waals surface area contributed by atoms with Crippen molar-refractivity contribution in [2.45, 2.75) is 30.6 Å². The van der Waals surface area contributed by atoms with Crippen molar-refractivity contribution in [3.8, 4) is 5.75 Å². The van der Waals surface area contributed by atoms with Crippen LogP contribution >= 0.6 is 0 Å². The molecule has 2 aromatic carbocycles. The van der Waals surface area contributed by atoms with Crippen LogP contribution in [0.3, 0.4) is 0 Å². The van der Waals surface area contributed by atoms with Crippen molar-refractivity contribution < 1.29 is 44.7 Å². The lowest BCUT2D eigenvalue weighted by molar-refractivity contribution is -0.162. The zero-order valence-corrected chi connectivity index (χ0v) is 22.8. The first-order valence-corrected chi connectivity index (χ1v) is 13.0. The second-order valence-electron chi connectivity index (χ2n) is 10.9. The number of phenolic OH excluding ortho intramolecular Hbond substituents is 1. The van der Waals surface area contributed by atoms with Crippen molar-refractivity contribution in [2.24, 2.45) is 17.6 Å². The number of anilines is 2. The molecule has 0 heterocycles. The van der Waals surface area contributed by atoms with Gasteiger partial charge in [0.2, 0.25) is 5.78 Å². The standard InChI is InChI=1S/C29H30N4O9/c1-11-13-9-10-14(32-28(41)31-12-7-5-4-6-8-12)21(34)16(13)22(35)17-15(11)23(36)19-20(33(2)3)24(37)18(27(30)40)26(39)29(19,42)25(17)38/h4-11,15,19-20,23,34,36-38,42H,1-3H3,(H2,30,40)(H2,31,32,41)/t11-,15+,19+,20-,23-,29-/m0/s1. The third-order valence-corrected chi connectivity index (χ3v) is 8.41. The first kappa shape index (κ1) is 28.8. The maximum atomic E-state index is 13.9. The van der Waals surface area contributed by atoms with Crippen LogP contribution in [0.5, 0.6) is 5.75 Å². The molecule has 2 aromatic rings. The van der Waals surface area contributed by atoms with Gasteiger partial charge in [0.15, 0.2) is 17.1 Å². The van der Waals surface area contributed by atoms with E-state index in [2.05, 4.69) is 10.6 Å². The molecular weight excluding hydrogens is 548 g/mol. The zero-order valence-electron chi connectivity index (χ0n) is 22.8. The molecule has 0 spiro atoms. The van der Waals surface area contributed by atoms with Crippen molar-refractivity contribution in [3.63, 3.8) is 0 Å². The highest BCUT2D eigenvalue weighted by Crippen LogP contribution is 2.56. The predicted molar refractivity (Wildman–Crippen MR) is 149 cm³/mol. The SMILES string of the molecule is C[C@H]1c2ccc(NC(=O)Nc3ccccc3)c(O)c2C(=O)C2=C(O)[C@]3(O)C(=O)C(C(N)=O)=C(O)[C@@H](N(C)C)[C@@H]3[C@@H](O)[C@@H]21. The number of likely N-dealkylation sites (N-methyl/N-ethyl adjacent to an activating group) is 1. The Labute approximate surface area is 239 Å². The third-order valence-electron chi connectivity index (χ3n) is 8.41. The molecule has 0 bridgehead atoms. The largest absolute Gasteiger partial charge is 0.510 e.